The van der Waals surface area contributed by atoms with Gasteiger partial charge in [0.25, 0.3) is 0 Å². The molecule has 1 spiro atoms. The number of ether oxygens (including phenoxy) is 2. The number of hydrogen-bond acceptors (Lipinski definition) is 6. The second-order valence-corrected chi connectivity index (χ2v) is 9.51. The number of benzene rings is 2. The van der Waals surface area contributed by atoms with Gasteiger partial charge in [-0.1, -0.05) is 54.4 Å². The van der Waals surface area contributed by atoms with Crippen LogP contribution < -0.4 is 14.8 Å². The van der Waals surface area contributed by atoms with E-state index in [0.29, 0.717) is 17.2 Å². The molecule has 174 valence electrons. The number of hydrogen-bond donors (Lipinski definition) is 1. The Labute approximate surface area is 199 Å². The monoisotopic (exact) mass is 465 g/mol. The molecule has 33 heavy (non-hydrogen) atoms. The molecule has 1 amide bonds. The molecule has 0 aromatic heterocycles. The molecule has 7 heteroatoms. The van der Waals surface area contributed by atoms with Gasteiger partial charge in [-0.25, -0.2) is 4.99 Å². The molecule has 1 aliphatic heterocycles. The molecule has 1 heterocycles. The van der Waals surface area contributed by atoms with E-state index in [1.165, 1.54) is 30.2 Å². The van der Waals surface area contributed by atoms with E-state index in [0.717, 1.165) is 42.0 Å². The molecule has 2 aromatic rings. The SMILES string of the molecule is COc1ccc(OC)c(NC(=O)CSC2=NC3(CCCCCC3)N=C2c2ccc(C)cc2)c1. The molecule has 0 radical (unpaired) electrons. The molecule has 1 fully saturated rings. The Bertz CT molecular complexity index is 1050. The highest BCUT2D eigenvalue weighted by molar-refractivity contribution is 8.16. The molecular weight excluding hydrogens is 434 g/mol. The van der Waals surface area contributed by atoms with Crippen LogP contribution in [0.4, 0.5) is 5.69 Å². The predicted molar refractivity (Wildman–Crippen MR) is 136 cm³/mol. The van der Waals surface area contributed by atoms with Crippen molar-refractivity contribution < 1.29 is 14.3 Å². The van der Waals surface area contributed by atoms with Crippen molar-refractivity contribution in [2.75, 3.05) is 25.3 Å². The number of aryl methyl sites for hydroxylation is 1. The normalized spacial score (nSPS) is 17.2. The highest BCUT2D eigenvalue weighted by Gasteiger charge is 2.37. The Balaban J connectivity index is 1.52. The number of nitrogens with one attached hydrogen (secondary N) is 1. The van der Waals surface area contributed by atoms with Crippen LogP contribution in [0, 0.1) is 6.92 Å². The van der Waals surface area contributed by atoms with E-state index in [1.54, 1.807) is 32.4 Å². The van der Waals surface area contributed by atoms with Crippen LogP contribution in [0.25, 0.3) is 0 Å². The quantitative estimate of drug-likeness (QED) is 0.600. The third-order valence-corrected chi connectivity index (χ3v) is 7.05. The van der Waals surface area contributed by atoms with Crippen LogP contribution in [0.3, 0.4) is 0 Å². The second kappa shape index (κ2) is 10.4. The van der Waals surface area contributed by atoms with Crippen LogP contribution in [0.15, 0.2) is 52.4 Å². The van der Waals surface area contributed by atoms with E-state index < -0.39 is 0 Å². The Morgan fingerprint density at radius 2 is 1.73 bits per heavy atom. The lowest BCUT2D eigenvalue weighted by molar-refractivity contribution is -0.113. The summed E-state index contributed by atoms with van der Waals surface area (Å²) in [5.74, 6) is 1.36. The maximum atomic E-state index is 12.8. The Kier molecular flexibility index (Phi) is 7.38. The van der Waals surface area contributed by atoms with E-state index in [1.807, 2.05) is 0 Å². The van der Waals surface area contributed by atoms with Crippen molar-refractivity contribution in [2.45, 2.75) is 51.1 Å². The van der Waals surface area contributed by atoms with Gasteiger partial charge in [-0.15, -0.1) is 0 Å². The minimum Gasteiger partial charge on any atom is -0.497 e. The standard InChI is InChI=1S/C26H31N3O3S/c1-18-8-10-19(11-9-18)24-25(29-26(28-24)14-6-4-5-7-15-26)33-17-23(30)27-21-16-20(31-2)12-13-22(21)32-3/h8-13,16H,4-7,14-15,17H2,1-3H3,(H,27,30). The van der Waals surface area contributed by atoms with Crippen molar-refractivity contribution in [3.63, 3.8) is 0 Å². The summed E-state index contributed by atoms with van der Waals surface area (Å²) < 4.78 is 10.7. The topological polar surface area (TPSA) is 72.3 Å². The van der Waals surface area contributed by atoms with Gasteiger partial charge in [-0.05, 0) is 44.7 Å². The van der Waals surface area contributed by atoms with Crippen molar-refractivity contribution >= 4 is 34.1 Å². The summed E-state index contributed by atoms with van der Waals surface area (Å²) >= 11 is 1.45. The largest absolute Gasteiger partial charge is 0.497 e. The van der Waals surface area contributed by atoms with E-state index >= 15 is 0 Å². The van der Waals surface area contributed by atoms with Crippen molar-refractivity contribution in [2.24, 2.45) is 9.98 Å². The zero-order chi connectivity index (χ0) is 23.3. The van der Waals surface area contributed by atoms with Gasteiger partial charge in [0.15, 0.2) is 5.66 Å². The molecule has 1 saturated carbocycles. The third-order valence-electron chi connectivity index (χ3n) is 6.08. The van der Waals surface area contributed by atoms with Crippen molar-refractivity contribution in [1.29, 1.82) is 0 Å². The minimum atomic E-state index is -0.369. The summed E-state index contributed by atoms with van der Waals surface area (Å²) in [5, 5.41) is 3.80. The van der Waals surface area contributed by atoms with Crippen LogP contribution in [0.5, 0.6) is 11.5 Å². The molecule has 0 atom stereocenters. The number of thioether (sulfide) groups is 1. The lowest BCUT2D eigenvalue weighted by atomic mass is 10.0. The number of nitrogens with zero attached hydrogens (tertiary/aromatic N) is 2. The maximum Gasteiger partial charge on any atom is 0.234 e. The molecule has 6 nitrogen and oxygen atoms in total. The van der Waals surface area contributed by atoms with Crippen LogP contribution in [-0.2, 0) is 4.79 Å². The van der Waals surface area contributed by atoms with Gasteiger partial charge in [0, 0.05) is 11.6 Å². The van der Waals surface area contributed by atoms with E-state index in [2.05, 4.69) is 36.5 Å². The number of rotatable bonds is 6. The van der Waals surface area contributed by atoms with E-state index in [-0.39, 0.29) is 17.3 Å². The zero-order valence-electron chi connectivity index (χ0n) is 19.5. The third kappa shape index (κ3) is 5.58. The van der Waals surface area contributed by atoms with Gasteiger partial charge in [-0.3, -0.25) is 9.79 Å². The molecule has 0 unspecified atom stereocenters. The molecule has 0 bridgehead atoms. The molecule has 4 rings (SSSR count). The number of amides is 1. The second-order valence-electron chi connectivity index (χ2n) is 8.54. The van der Waals surface area contributed by atoms with Gasteiger partial charge >= 0.3 is 0 Å². The summed E-state index contributed by atoms with van der Waals surface area (Å²) in [6, 6.07) is 13.7. The van der Waals surface area contributed by atoms with E-state index in [4.69, 9.17) is 19.5 Å². The van der Waals surface area contributed by atoms with Gasteiger partial charge in [0.2, 0.25) is 5.91 Å². The number of anilines is 1. The molecule has 1 N–H and O–H groups in total. The molecule has 2 aliphatic rings. The van der Waals surface area contributed by atoms with Crippen LogP contribution in [0.2, 0.25) is 0 Å². The summed E-state index contributed by atoms with van der Waals surface area (Å²) in [6.45, 7) is 2.08. The Morgan fingerprint density at radius 3 is 2.39 bits per heavy atom. The summed E-state index contributed by atoms with van der Waals surface area (Å²) in [7, 11) is 3.17. The lowest BCUT2D eigenvalue weighted by Crippen LogP contribution is -2.20. The first-order valence-electron chi connectivity index (χ1n) is 11.4. The highest BCUT2D eigenvalue weighted by Crippen LogP contribution is 2.38. The smallest absolute Gasteiger partial charge is 0.234 e. The van der Waals surface area contributed by atoms with Crippen LogP contribution in [-0.4, -0.2) is 42.3 Å². The molecule has 0 saturated heterocycles. The summed E-state index contributed by atoms with van der Waals surface area (Å²) in [4.78, 5) is 23.1. The fourth-order valence-electron chi connectivity index (χ4n) is 4.27. The van der Waals surface area contributed by atoms with Crippen LogP contribution >= 0.6 is 11.8 Å². The predicted octanol–water partition coefficient (Wildman–Crippen LogP) is 5.64. The fourth-order valence-corrected chi connectivity index (χ4v) is 5.15. The van der Waals surface area contributed by atoms with Crippen molar-refractivity contribution in [3.8, 4) is 11.5 Å². The molecular formula is C26H31N3O3S. The number of aliphatic imine (C=N–C) groups is 2. The van der Waals surface area contributed by atoms with E-state index in [9.17, 15) is 4.79 Å². The first-order valence-corrected chi connectivity index (χ1v) is 12.4. The van der Waals surface area contributed by atoms with Crippen molar-refractivity contribution in [1.82, 2.24) is 0 Å². The first-order chi connectivity index (χ1) is 16.0. The highest BCUT2D eigenvalue weighted by atomic mass is 32.2. The average Bonchev–Trinajstić information content (AvgIpc) is 3.02. The van der Waals surface area contributed by atoms with Gasteiger partial charge < -0.3 is 14.8 Å². The zero-order valence-corrected chi connectivity index (χ0v) is 20.3. The van der Waals surface area contributed by atoms with Crippen molar-refractivity contribution in [3.05, 3.63) is 53.6 Å². The van der Waals surface area contributed by atoms with Gasteiger partial charge in [-0.2, -0.15) is 0 Å². The lowest BCUT2D eigenvalue weighted by Gasteiger charge is -2.20. The average molecular weight is 466 g/mol. The first kappa shape index (κ1) is 23.4. The Hall–Kier alpha value is -2.80. The Morgan fingerprint density at radius 1 is 1.00 bits per heavy atom. The number of carbonyl (C=O) groups is 1. The van der Waals surface area contributed by atoms with Gasteiger partial charge in [0.1, 0.15) is 16.5 Å². The minimum absolute atomic E-state index is 0.126. The maximum absolute atomic E-state index is 12.8. The summed E-state index contributed by atoms with van der Waals surface area (Å²) in [5.41, 5.74) is 3.39. The molecule has 2 aromatic carbocycles. The summed E-state index contributed by atoms with van der Waals surface area (Å²) in [6.07, 6.45) is 6.70. The van der Waals surface area contributed by atoms with Crippen LogP contribution in [0.1, 0.15) is 49.7 Å². The molecule has 1 aliphatic carbocycles. The number of carbonyl (C=O) groups excluding carboxylic acids is 1. The fraction of sp³-hybridized carbons (Fsp3) is 0.423. The van der Waals surface area contributed by atoms with Gasteiger partial charge in [0.05, 0.1) is 31.4 Å². The number of methoxy groups -OCH3 is 2.